The van der Waals surface area contributed by atoms with E-state index in [2.05, 4.69) is 5.32 Å². The normalized spacial score (nSPS) is 16.7. The van der Waals surface area contributed by atoms with Crippen molar-refractivity contribution in [3.8, 4) is 11.3 Å². The molecular weight excluding hydrogens is 269 g/mol. The lowest BCUT2D eigenvalue weighted by Crippen LogP contribution is -2.45. The highest BCUT2D eigenvalue weighted by Gasteiger charge is 2.33. The summed E-state index contributed by atoms with van der Waals surface area (Å²) in [5.74, 6) is 1.32. The molecule has 2 N–H and O–H groups in total. The fourth-order valence-electron chi connectivity index (χ4n) is 2.70. The molecule has 0 aliphatic heterocycles. The van der Waals surface area contributed by atoms with Gasteiger partial charge in [0.05, 0.1) is 12.1 Å². The summed E-state index contributed by atoms with van der Waals surface area (Å²) in [6, 6.07) is 8.49. The predicted octanol–water partition coefficient (Wildman–Crippen LogP) is 3.40. The second-order valence-corrected chi connectivity index (χ2v) is 5.91. The number of benzene rings is 1. The molecule has 1 aromatic carbocycles. The van der Waals surface area contributed by atoms with Crippen molar-refractivity contribution in [1.29, 1.82) is 0 Å². The third-order valence-electron chi connectivity index (χ3n) is 4.15. The fourth-order valence-corrected chi connectivity index (χ4v) is 2.70. The zero-order chi connectivity index (χ0) is 14.9. The van der Waals surface area contributed by atoms with Crippen molar-refractivity contribution in [3.63, 3.8) is 0 Å². The molecule has 0 saturated heterocycles. The van der Waals surface area contributed by atoms with Crippen molar-refractivity contribution < 1.29 is 13.9 Å². The molecule has 4 heteroatoms. The molecule has 0 radical (unpaired) electrons. The van der Waals surface area contributed by atoms with E-state index in [9.17, 15) is 9.50 Å². The monoisotopic (exact) mass is 289 g/mol. The van der Waals surface area contributed by atoms with Gasteiger partial charge in [-0.1, -0.05) is 0 Å². The molecule has 1 aromatic heterocycles. The maximum absolute atomic E-state index is 13.1. The fraction of sp³-hybridized carbons (Fsp3) is 0.412. The van der Waals surface area contributed by atoms with Crippen LogP contribution in [0, 0.1) is 12.7 Å². The second-order valence-electron chi connectivity index (χ2n) is 5.91. The molecule has 0 bridgehead atoms. The van der Waals surface area contributed by atoms with Crippen LogP contribution in [0.15, 0.2) is 34.7 Å². The zero-order valence-corrected chi connectivity index (χ0v) is 12.2. The topological polar surface area (TPSA) is 45.4 Å². The van der Waals surface area contributed by atoms with Gasteiger partial charge in [-0.3, -0.25) is 0 Å². The van der Waals surface area contributed by atoms with Gasteiger partial charge in [-0.15, -0.1) is 0 Å². The van der Waals surface area contributed by atoms with Gasteiger partial charge in [0.2, 0.25) is 0 Å². The van der Waals surface area contributed by atoms with Crippen LogP contribution in [0.3, 0.4) is 0 Å². The van der Waals surface area contributed by atoms with Crippen LogP contribution in [0.1, 0.15) is 30.6 Å². The molecule has 21 heavy (non-hydrogen) atoms. The van der Waals surface area contributed by atoms with Gasteiger partial charge >= 0.3 is 0 Å². The summed E-state index contributed by atoms with van der Waals surface area (Å²) >= 11 is 0. The smallest absolute Gasteiger partial charge is 0.134 e. The van der Waals surface area contributed by atoms with Crippen molar-refractivity contribution in [2.24, 2.45) is 0 Å². The van der Waals surface area contributed by atoms with Gasteiger partial charge in [-0.25, -0.2) is 4.39 Å². The Hall–Kier alpha value is -1.65. The average Bonchev–Trinajstić information content (AvgIpc) is 2.85. The summed E-state index contributed by atoms with van der Waals surface area (Å²) in [7, 11) is 0. The van der Waals surface area contributed by atoms with E-state index in [0.29, 0.717) is 13.1 Å². The van der Waals surface area contributed by atoms with Crippen LogP contribution in [0.2, 0.25) is 0 Å². The molecular formula is C17H20FNO2. The molecule has 1 aliphatic rings. The lowest BCUT2D eigenvalue weighted by atomic mass is 9.80. The number of hydrogen-bond acceptors (Lipinski definition) is 3. The standard InChI is InChI=1S/C17H20FNO2/c1-12-9-13(18)3-5-15(12)16-6-4-14(21-16)10-19-11-17(20)7-2-8-17/h3-6,9,19-20H,2,7-8,10-11H2,1H3. The van der Waals surface area contributed by atoms with Crippen molar-refractivity contribution in [2.75, 3.05) is 6.54 Å². The molecule has 2 aromatic rings. The van der Waals surface area contributed by atoms with E-state index in [4.69, 9.17) is 4.42 Å². The largest absolute Gasteiger partial charge is 0.460 e. The molecule has 0 amide bonds. The Labute approximate surface area is 123 Å². The Kier molecular flexibility index (Phi) is 3.83. The van der Waals surface area contributed by atoms with Gasteiger partial charge in [0.25, 0.3) is 0 Å². The van der Waals surface area contributed by atoms with Crippen LogP contribution in [0.4, 0.5) is 4.39 Å². The van der Waals surface area contributed by atoms with E-state index in [-0.39, 0.29) is 5.82 Å². The van der Waals surface area contributed by atoms with Crippen LogP contribution in [0.25, 0.3) is 11.3 Å². The summed E-state index contributed by atoms with van der Waals surface area (Å²) < 4.78 is 18.9. The molecule has 0 unspecified atom stereocenters. The minimum atomic E-state index is -0.525. The van der Waals surface area contributed by atoms with Gasteiger partial charge in [0.15, 0.2) is 0 Å². The molecule has 3 nitrogen and oxygen atoms in total. The summed E-state index contributed by atoms with van der Waals surface area (Å²) in [5, 5.41) is 13.2. The Morgan fingerprint density at radius 2 is 2.10 bits per heavy atom. The highest BCUT2D eigenvalue weighted by atomic mass is 19.1. The Balaban J connectivity index is 1.63. The number of aliphatic hydroxyl groups is 1. The maximum Gasteiger partial charge on any atom is 0.134 e. The van der Waals surface area contributed by atoms with E-state index in [1.165, 1.54) is 12.1 Å². The molecule has 1 heterocycles. The van der Waals surface area contributed by atoms with Gasteiger partial charge in [0, 0.05) is 12.1 Å². The minimum Gasteiger partial charge on any atom is -0.460 e. The van der Waals surface area contributed by atoms with Gasteiger partial charge < -0.3 is 14.8 Å². The number of rotatable bonds is 5. The average molecular weight is 289 g/mol. The van der Waals surface area contributed by atoms with Crippen molar-refractivity contribution in [1.82, 2.24) is 5.32 Å². The molecule has 1 saturated carbocycles. The molecule has 1 aliphatic carbocycles. The van der Waals surface area contributed by atoms with Crippen LogP contribution in [-0.4, -0.2) is 17.3 Å². The lowest BCUT2D eigenvalue weighted by molar-refractivity contribution is -0.0317. The van der Waals surface area contributed by atoms with E-state index < -0.39 is 5.60 Å². The van der Waals surface area contributed by atoms with E-state index in [1.807, 2.05) is 19.1 Å². The minimum absolute atomic E-state index is 0.238. The van der Waals surface area contributed by atoms with Gasteiger partial charge in [0.1, 0.15) is 17.3 Å². The second kappa shape index (κ2) is 5.62. The summed E-state index contributed by atoms with van der Waals surface area (Å²) in [4.78, 5) is 0. The van der Waals surface area contributed by atoms with Crippen LogP contribution in [-0.2, 0) is 6.54 Å². The first-order valence-corrected chi connectivity index (χ1v) is 7.34. The van der Waals surface area contributed by atoms with Gasteiger partial charge in [-0.05, 0) is 62.1 Å². The Morgan fingerprint density at radius 3 is 2.76 bits per heavy atom. The molecule has 1 fully saturated rings. The van der Waals surface area contributed by atoms with Crippen molar-refractivity contribution in [2.45, 2.75) is 38.3 Å². The number of nitrogens with one attached hydrogen (secondary N) is 1. The van der Waals surface area contributed by atoms with E-state index in [1.54, 1.807) is 6.07 Å². The first-order valence-electron chi connectivity index (χ1n) is 7.34. The highest BCUT2D eigenvalue weighted by Crippen LogP contribution is 2.31. The quantitative estimate of drug-likeness (QED) is 0.886. The van der Waals surface area contributed by atoms with E-state index in [0.717, 1.165) is 41.9 Å². The first-order chi connectivity index (χ1) is 10.1. The van der Waals surface area contributed by atoms with Crippen molar-refractivity contribution in [3.05, 3.63) is 47.5 Å². The first kappa shape index (κ1) is 14.3. The molecule has 112 valence electrons. The molecule has 0 spiro atoms. The van der Waals surface area contributed by atoms with Gasteiger partial charge in [-0.2, -0.15) is 0 Å². The third-order valence-corrected chi connectivity index (χ3v) is 4.15. The lowest BCUT2D eigenvalue weighted by Gasteiger charge is -2.36. The van der Waals surface area contributed by atoms with Crippen LogP contribution in [0.5, 0.6) is 0 Å². The van der Waals surface area contributed by atoms with Crippen LogP contribution >= 0.6 is 0 Å². The number of furan rings is 1. The molecule has 0 atom stereocenters. The maximum atomic E-state index is 13.1. The Morgan fingerprint density at radius 1 is 1.29 bits per heavy atom. The van der Waals surface area contributed by atoms with Crippen molar-refractivity contribution >= 4 is 0 Å². The predicted molar refractivity (Wildman–Crippen MR) is 79.3 cm³/mol. The third kappa shape index (κ3) is 3.17. The summed E-state index contributed by atoms with van der Waals surface area (Å²) in [6.45, 7) is 3.05. The molecule has 3 rings (SSSR count). The summed E-state index contributed by atoms with van der Waals surface area (Å²) in [6.07, 6.45) is 2.85. The Bertz CT molecular complexity index is 631. The van der Waals surface area contributed by atoms with E-state index >= 15 is 0 Å². The zero-order valence-electron chi connectivity index (χ0n) is 12.2. The number of hydrogen-bond donors (Lipinski definition) is 2. The number of halogens is 1. The highest BCUT2D eigenvalue weighted by molar-refractivity contribution is 5.62. The van der Waals surface area contributed by atoms with Crippen LogP contribution < -0.4 is 5.32 Å². The summed E-state index contributed by atoms with van der Waals surface area (Å²) in [5.41, 5.74) is 1.23. The number of aryl methyl sites for hydroxylation is 1. The SMILES string of the molecule is Cc1cc(F)ccc1-c1ccc(CNCC2(O)CCC2)o1.